The van der Waals surface area contributed by atoms with Gasteiger partial charge in [-0.15, -0.1) is 0 Å². The van der Waals surface area contributed by atoms with Gasteiger partial charge in [-0.25, -0.2) is 9.78 Å². The first-order chi connectivity index (χ1) is 21.6. The van der Waals surface area contributed by atoms with Crippen molar-refractivity contribution < 1.29 is 23.9 Å². The number of hydrogen-bond donors (Lipinski definition) is 4. The number of hydrogen-bond acceptors (Lipinski definition) is 8. The molecule has 1 unspecified atom stereocenters. The van der Waals surface area contributed by atoms with E-state index in [0.29, 0.717) is 11.6 Å². The summed E-state index contributed by atoms with van der Waals surface area (Å²) in [7, 11) is 0. The van der Waals surface area contributed by atoms with Crippen molar-refractivity contribution in [2.45, 2.75) is 64.4 Å². The van der Waals surface area contributed by atoms with Crippen LogP contribution in [0.25, 0.3) is 11.0 Å². The molecule has 3 aromatic carbocycles. The standard InChI is InChI=1S/C34H40N6O5/c1-34(2,3)45-30(41)21-29(39-33(43)44-22-23-9-5-4-6-10-23)38-31(42)24-13-15-26(16-14-24)40-19-17-25(18-20-40)35-32-36-27-11-7-8-12-28(27)37-32/h4-16,25,29H,17-22H2,1-3H3,(H,38,42)(H,39,43)(H2,35,36,37). The number of benzene rings is 3. The minimum atomic E-state index is -1.03. The van der Waals surface area contributed by atoms with Crippen LogP contribution < -0.4 is 20.9 Å². The Balaban J connectivity index is 1.14. The normalized spacial score (nSPS) is 14.4. The number of carbonyl (C=O) groups excluding carboxylic acids is 3. The number of fused-ring (bicyclic) bond motifs is 1. The molecule has 1 aliphatic heterocycles. The lowest BCUT2D eigenvalue weighted by atomic mass is 10.0. The highest BCUT2D eigenvalue weighted by atomic mass is 16.6. The van der Waals surface area contributed by atoms with Crippen LogP contribution in [0.3, 0.4) is 0 Å². The molecule has 5 rings (SSSR count). The van der Waals surface area contributed by atoms with Crippen molar-refractivity contribution in [2.75, 3.05) is 23.3 Å². The number of aromatic nitrogens is 2. The smallest absolute Gasteiger partial charge is 0.409 e. The monoisotopic (exact) mass is 612 g/mol. The van der Waals surface area contributed by atoms with Gasteiger partial charge in [0.2, 0.25) is 5.95 Å². The summed E-state index contributed by atoms with van der Waals surface area (Å²) < 4.78 is 10.7. The summed E-state index contributed by atoms with van der Waals surface area (Å²) in [4.78, 5) is 48.5. The Morgan fingerprint density at radius 1 is 0.933 bits per heavy atom. The predicted molar refractivity (Wildman–Crippen MR) is 173 cm³/mol. The van der Waals surface area contributed by atoms with Crippen LogP contribution >= 0.6 is 0 Å². The van der Waals surface area contributed by atoms with Gasteiger partial charge in [-0.2, -0.15) is 0 Å². The average molecular weight is 613 g/mol. The molecule has 1 saturated heterocycles. The maximum Gasteiger partial charge on any atom is 0.409 e. The maximum absolute atomic E-state index is 13.2. The van der Waals surface area contributed by atoms with Gasteiger partial charge in [0, 0.05) is 30.4 Å². The number of alkyl carbamates (subject to hydrolysis) is 1. The average Bonchev–Trinajstić information content (AvgIpc) is 3.42. The number of esters is 1. The quantitative estimate of drug-likeness (QED) is 0.139. The Bertz CT molecular complexity index is 1560. The van der Waals surface area contributed by atoms with Crippen LogP contribution in [-0.4, -0.2) is 58.8 Å². The molecule has 2 amide bonds. The molecule has 4 N–H and O–H groups in total. The molecule has 45 heavy (non-hydrogen) atoms. The number of imidazole rings is 1. The molecule has 0 spiro atoms. The molecule has 1 fully saturated rings. The van der Waals surface area contributed by atoms with Crippen LogP contribution in [0.15, 0.2) is 78.9 Å². The van der Waals surface area contributed by atoms with Crippen molar-refractivity contribution in [2.24, 2.45) is 0 Å². The van der Waals surface area contributed by atoms with Crippen LogP contribution in [0.4, 0.5) is 16.4 Å². The summed E-state index contributed by atoms with van der Waals surface area (Å²) in [6, 6.07) is 24.8. The second-order valence-electron chi connectivity index (χ2n) is 12.1. The molecule has 1 atom stereocenters. The highest BCUT2D eigenvalue weighted by molar-refractivity contribution is 5.95. The van der Waals surface area contributed by atoms with Gasteiger partial charge < -0.3 is 35.3 Å². The summed E-state index contributed by atoms with van der Waals surface area (Å²) in [5, 5.41) is 8.84. The first-order valence-electron chi connectivity index (χ1n) is 15.2. The van der Waals surface area contributed by atoms with E-state index in [4.69, 9.17) is 9.47 Å². The van der Waals surface area contributed by atoms with E-state index in [1.165, 1.54) is 0 Å². The van der Waals surface area contributed by atoms with Gasteiger partial charge in [-0.05, 0) is 75.6 Å². The van der Waals surface area contributed by atoms with E-state index in [-0.39, 0.29) is 13.0 Å². The molecular weight excluding hydrogens is 572 g/mol. The number of carbonyl (C=O) groups is 3. The summed E-state index contributed by atoms with van der Waals surface area (Å²) in [5.74, 6) is -0.217. The Morgan fingerprint density at radius 2 is 1.62 bits per heavy atom. The zero-order chi connectivity index (χ0) is 31.8. The lowest BCUT2D eigenvalue weighted by Crippen LogP contribution is -2.49. The first-order valence-corrected chi connectivity index (χ1v) is 15.2. The van der Waals surface area contributed by atoms with Crippen molar-refractivity contribution in [3.05, 3.63) is 90.0 Å². The fraction of sp³-hybridized carbons (Fsp3) is 0.353. The fourth-order valence-corrected chi connectivity index (χ4v) is 5.16. The van der Waals surface area contributed by atoms with E-state index in [1.807, 2.05) is 66.7 Å². The minimum absolute atomic E-state index is 0.0501. The van der Waals surface area contributed by atoms with Gasteiger partial charge in [0.15, 0.2) is 0 Å². The second-order valence-corrected chi connectivity index (χ2v) is 12.1. The zero-order valence-electron chi connectivity index (χ0n) is 25.8. The van der Waals surface area contributed by atoms with Crippen molar-refractivity contribution in [3.8, 4) is 0 Å². The molecule has 4 aromatic rings. The van der Waals surface area contributed by atoms with E-state index < -0.39 is 29.7 Å². The third-order valence-corrected chi connectivity index (χ3v) is 7.32. The number of aromatic amines is 1. The van der Waals surface area contributed by atoms with Crippen LogP contribution in [-0.2, 0) is 20.9 Å². The molecule has 0 saturated carbocycles. The van der Waals surface area contributed by atoms with E-state index in [9.17, 15) is 14.4 Å². The molecule has 1 aromatic heterocycles. The van der Waals surface area contributed by atoms with Crippen LogP contribution in [0.5, 0.6) is 0 Å². The molecule has 0 bridgehead atoms. The van der Waals surface area contributed by atoms with Crippen LogP contribution in [0.2, 0.25) is 0 Å². The topological polar surface area (TPSA) is 138 Å². The predicted octanol–water partition coefficient (Wildman–Crippen LogP) is 5.36. The Kier molecular flexibility index (Phi) is 9.86. The Hall–Kier alpha value is -5.06. The molecule has 0 aliphatic carbocycles. The van der Waals surface area contributed by atoms with Gasteiger partial charge in [0.25, 0.3) is 5.91 Å². The van der Waals surface area contributed by atoms with E-state index in [1.54, 1.807) is 32.9 Å². The Labute approximate surface area is 262 Å². The Morgan fingerprint density at radius 3 is 2.31 bits per heavy atom. The van der Waals surface area contributed by atoms with Crippen molar-refractivity contribution in [3.63, 3.8) is 0 Å². The molecule has 11 heteroatoms. The van der Waals surface area contributed by atoms with E-state index in [2.05, 4.69) is 30.8 Å². The number of H-pyrrole nitrogens is 1. The molecule has 0 radical (unpaired) electrons. The van der Waals surface area contributed by atoms with Crippen molar-refractivity contribution >= 4 is 40.6 Å². The summed E-state index contributed by atoms with van der Waals surface area (Å²) >= 11 is 0. The third kappa shape index (κ3) is 9.21. The molecule has 1 aliphatic rings. The number of anilines is 2. The number of ether oxygens (including phenoxy) is 2. The number of para-hydroxylation sites is 2. The zero-order valence-corrected chi connectivity index (χ0v) is 25.8. The van der Waals surface area contributed by atoms with Crippen LogP contribution in [0.1, 0.15) is 56.0 Å². The number of piperidine rings is 1. The molecule has 11 nitrogen and oxygen atoms in total. The number of rotatable bonds is 10. The van der Waals surface area contributed by atoms with Gasteiger partial charge in [0.1, 0.15) is 18.4 Å². The van der Waals surface area contributed by atoms with Gasteiger partial charge in [-0.1, -0.05) is 42.5 Å². The van der Waals surface area contributed by atoms with Crippen LogP contribution in [0, 0.1) is 0 Å². The number of nitrogens with zero attached hydrogens (tertiary/aromatic N) is 2. The van der Waals surface area contributed by atoms with E-state index >= 15 is 0 Å². The highest BCUT2D eigenvalue weighted by Gasteiger charge is 2.25. The molecule has 236 valence electrons. The minimum Gasteiger partial charge on any atom is -0.460 e. The molecule has 2 heterocycles. The SMILES string of the molecule is CC(C)(C)OC(=O)CC(NC(=O)OCc1ccccc1)NC(=O)c1ccc(N2CCC(Nc3nc4ccccc4[nH]3)CC2)cc1. The summed E-state index contributed by atoms with van der Waals surface area (Å²) in [6.07, 6.45) is -0.178. The van der Waals surface area contributed by atoms with Crippen molar-refractivity contribution in [1.29, 1.82) is 0 Å². The first kappa shape index (κ1) is 31.4. The largest absolute Gasteiger partial charge is 0.460 e. The van der Waals surface area contributed by atoms with E-state index in [0.717, 1.165) is 54.2 Å². The lowest BCUT2D eigenvalue weighted by molar-refractivity contribution is -0.155. The maximum atomic E-state index is 13.2. The third-order valence-electron chi connectivity index (χ3n) is 7.32. The lowest BCUT2D eigenvalue weighted by Gasteiger charge is -2.34. The number of amides is 2. The fourth-order valence-electron chi connectivity index (χ4n) is 5.16. The highest BCUT2D eigenvalue weighted by Crippen LogP contribution is 2.23. The second kappa shape index (κ2) is 14.1. The van der Waals surface area contributed by atoms with Gasteiger partial charge in [0.05, 0.1) is 17.5 Å². The summed E-state index contributed by atoms with van der Waals surface area (Å²) in [6.45, 7) is 7.02. The van der Waals surface area contributed by atoms with Crippen molar-refractivity contribution in [1.82, 2.24) is 20.6 Å². The molecular formula is C34H40N6O5. The van der Waals surface area contributed by atoms with Gasteiger partial charge >= 0.3 is 12.1 Å². The summed E-state index contributed by atoms with van der Waals surface area (Å²) in [5.41, 5.74) is 3.46. The van der Waals surface area contributed by atoms with Gasteiger partial charge in [-0.3, -0.25) is 9.59 Å². The number of nitrogens with one attached hydrogen (secondary N) is 4.